The lowest BCUT2D eigenvalue weighted by atomic mass is 10.0. The van der Waals surface area contributed by atoms with Crippen LogP contribution >= 0.6 is 0 Å². The van der Waals surface area contributed by atoms with E-state index in [2.05, 4.69) is 23.4 Å². The van der Waals surface area contributed by atoms with Crippen LogP contribution in [0.4, 0.5) is 0 Å². The summed E-state index contributed by atoms with van der Waals surface area (Å²) in [6.07, 6.45) is 6.16. The Bertz CT molecular complexity index is 1080. The van der Waals surface area contributed by atoms with E-state index in [0.29, 0.717) is 22.0 Å². The highest BCUT2D eigenvalue weighted by Crippen LogP contribution is 2.22. The maximum absolute atomic E-state index is 13.2. The first-order chi connectivity index (χ1) is 13.1. The lowest BCUT2D eigenvalue weighted by Crippen LogP contribution is -2.32. The van der Waals surface area contributed by atoms with Gasteiger partial charge in [0.2, 0.25) is 0 Å². The number of hydrogen-bond donors (Lipinski definition) is 1. The van der Waals surface area contributed by atoms with Gasteiger partial charge in [-0.2, -0.15) is 0 Å². The number of carbonyl (C=O) groups is 1. The zero-order valence-electron chi connectivity index (χ0n) is 15.4. The van der Waals surface area contributed by atoms with Crippen LogP contribution in [0.3, 0.4) is 0 Å². The van der Waals surface area contributed by atoms with E-state index in [1.165, 1.54) is 4.57 Å². The minimum Gasteiger partial charge on any atom is -0.345 e. The third-order valence-corrected chi connectivity index (χ3v) is 4.71. The summed E-state index contributed by atoms with van der Waals surface area (Å²) in [6, 6.07) is 18.3. The van der Waals surface area contributed by atoms with Gasteiger partial charge in [0.15, 0.2) is 0 Å². The van der Waals surface area contributed by atoms with Gasteiger partial charge in [-0.15, -0.1) is 6.42 Å². The normalized spacial score (nSPS) is 11.4. The molecule has 0 saturated carbocycles. The number of terminal acetylenes is 1. The van der Waals surface area contributed by atoms with E-state index in [9.17, 15) is 9.59 Å². The molecule has 4 nitrogen and oxygen atoms in total. The molecule has 0 aliphatic rings. The molecule has 0 bridgehead atoms. The lowest BCUT2D eigenvalue weighted by molar-refractivity contribution is 0.0935. The predicted octanol–water partition coefficient (Wildman–Crippen LogP) is 3.42. The van der Waals surface area contributed by atoms with E-state index in [0.717, 1.165) is 12.0 Å². The summed E-state index contributed by atoms with van der Waals surface area (Å²) < 4.78 is 1.48. The SMILES string of the molecule is C#CCn1c(C)c(C(=O)N[C@@H](CC)c2cc#ccc2)c2ccccc2c1=O. The van der Waals surface area contributed by atoms with Gasteiger partial charge in [0.1, 0.15) is 0 Å². The Morgan fingerprint density at radius 2 is 2.00 bits per heavy atom. The molecule has 0 spiro atoms. The fourth-order valence-electron chi connectivity index (χ4n) is 3.31. The van der Waals surface area contributed by atoms with Crippen LogP contribution < -0.4 is 10.9 Å². The summed E-state index contributed by atoms with van der Waals surface area (Å²) >= 11 is 0. The molecule has 4 heteroatoms. The lowest BCUT2D eigenvalue weighted by Gasteiger charge is -2.20. The zero-order chi connectivity index (χ0) is 19.4. The topological polar surface area (TPSA) is 51.1 Å². The van der Waals surface area contributed by atoms with E-state index in [-0.39, 0.29) is 24.1 Å². The quantitative estimate of drug-likeness (QED) is 0.712. The molecule has 0 fully saturated rings. The Hall–Kier alpha value is -3.50. The van der Waals surface area contributed by atoms with Gasteiger partial charge in [-0.25, -0.2) is 0 Å². The van der Waals surface area contributed by atoms with Crippen molar-refractivity contribution in [2.24, 2.45) is 0 Å². The maximum atomic E-state index is 13.2. The first-order valence-electron chi connectivity index (χ1n) is 8.82. The molecule has 2 aromatic carbocycles. The molecule has 1 amide bonds. The summed E-state index contributed by atoms with van der Waals surface area (Å²) in [5.74, 6) is 2.27. The number of hydrogen-bond acceptors (Lipinski definition) is 2. The third kappa shape index (κ3) is 3.43. The molecule has 134 valence electrons. The van der Waals surface area contributed by atoms with E-state index in [4.69, 9.17) is 6.42 Å². The molecule has 0 aliphatic heterocycles. The number of carbonyl (C=O) groups excluding carboxylic acids is 1. The second kappa shape index (κ2) is 7.81. The number of fused-ring (bicyclic) bond motifs is 1. The highest BCUT2D eigenvalue weighted by atomic mass is 16.2. The standard InChI is InChI=1S/C23H20N2O2/c1-4-15-25-16(3)21(18-13-9-10-14-19(18)23(25)27)22(26)24-20(5-2)17-11-7-6-8-12-17/h1,7,9-14,20H,5,15H2,2-3H3,(H,24,26)/t20-/m0/s1. The van der Waals surface area contributed by atoms with Crippen LogP contribution in [0.5, 0.6) is 0 Å². The van der Waals surface area contributed by atoms with Gasteiger partial charge in [-0.3, -0.25) is 14.2 Å². The molecule has 1 N–H and O–H groups in total. The summed E-state index contributed by atoms with van der Waals surface area (Å²) in [5, 5.41) is 4.20. The van der Waals surface area contributed by atoms with Gasteiger partial charge < -0.3 is 5.32 Å². The molecule has 1 heterocycles. The molecule has 1 aromatic heterocycles. The molecule has 3 aromatic rings. The molecule has 0 saturated heterocycles. The monoisotopic (exact) mass is 356 g/mol. The molecule has 3 rings (SSSR count). The summed E-state index contributed by atoms with van der Waals surface area (Å²) in [7, 11) is 0. The number of nitrogens with zero attached hydrogens (tertiary/aromatic N) is 1. The molecule has 27 heavy (non-hydrogen) atoms. The summed E-state index contributed by atoms with van der Waals surface area (Å²) in [6.45, 7) is 3.88. The van der Waals surface area contributed by atoms with Crippen LogP contribution in [0.2, 0.25) is 0 Å². The van der Waals surface area contributed by atoms with Crippen molar-refractivity contribution >= 4 is 16.7 Å². The van der Waals surface area contributed by atoms with Gasteiger partial charge >= 0.3 is 0 Å². The van der Waals surface area contributed by atoms with Crippen LogP contribution in [-0.4, -0.2) is 10.5 Å². The average molecular weight is 356 g/mol. The molecule has 0 unspecified atom stereocenters. The Kier molecular flexibility index (Phi) is 5.29. The van der Waals surface area contributed by atoms with Crippen LogP contribution in [0.15, 0.2) is 47.3 Å². The fourth-order valence-corrected chi connectivity index (χ4v) is 3.31. The second-order valence-corrected chi connectivity index (χ2v) is 6.30. The van der Waals surface area contributed by atoms with Gasteiger partial charge in [-0.05, 0) is 43.2 Å². The minimum absolute atomic E-state index is 0.121. The highest BCUT2D eigenvalue weighted by Gasteiger charge is 2.21. The Morgan fingerprint density at radius 3 is 2.63 bits per heavy atom. The van der Waals surface area contributed by atoms with Crippen LogP contribution in [-0.2, 0) is 6.54 Å². The van der Waals surface area contributed by atoms with Gasteiger partial charge in [0.05, 0.1) is 18.2 Å². The van der Waals surface area contributed by atoms with Crippen molar-refractivity contribution < 1.29 is 4.79 Å². The number of pyridine rings is 1. The van der Waals surface area contributed by atoms with Crippen molar-refractivity contribution in [3.8, 4) is 12.3 Å². The number of aromatic nitrogens is 1. The maximum Gasteiger partial charge on any atom is 0.259 e. The van der Waals surface area contributed by atoms with Crippen molar-refractivity contribution in [2.45, 2.75) is 32.9 Å². The molecular formula is C23H20N2O2. The number of rotatable bonds is 5. The predicted molar refractivity (Wildman–Crippen MR) is 106 cm³/mol. The van der Waals surface area contributed by atoms with Crippen molar-refractivity contribution in [1.82, 2.24) is 9.88 Å². The molecular weight excluding hydrogens is 336 g/mol. The van der Waals surface area contributed by atoms with E-state index in [1.807, 2.05) is 25.1 Å². The first kappa shape index (κ1) is 18.3. The van der Waals surface area contributed by atoms with Gasteiger partial charge in [0.25, 0.3) is 11.5 Å². The summed E-state index contributed by atoms with van der Waals surface area (Å²) in [5.41, 5.74) is 1.82. The Labute approximate surface area is 158 Å². The molecule has 1 atom stereocenters. The largest absolute Gasteiger partial charge is 0.345 e. The van der Waals surface area contributed by atoms with Gasteiger partial charge in [0, 0.05) is 16.5 Å². The number of nitrogens with one attached hydrogen (secondary N) is 1. The van der Waals surface area contributed by atoms with E-state index >= 15 is 0 Å². The molecule has 0 aliphatic carbocycles. The van der Waals surface area contributed by atoms with E-state index < -0.39 is 0 Å². The fraction of sp³-hybridized carbons (Fsp3) is 0.217. The first-order valence-corrected chi connectivity index (χ1v) is 8.82. The van der Waals surface area contributed by atoms with Crippen LogP contribution in [0.1, 0.15) is 41.0 Å². The van der Waals surface area contributed by atoms with Crippen molar-refractivity contribution in [3.05, 3.63) is 81.8 Å². The van der Waals surface area contributed by atoms with Crippen LogP contribution in [0, 0.1) is 31.4 Å². The van der Waals surface area contributed by atoms with Crippen molar-refractivity contribution in [3.63, 3.8) is 0 Å². The minimum atomic E-state index is -0.228. The van der Waals surface area contributed by atoms with Crippen molar-refractivity contribution in [2.75, 3.05) is 0 Å². The second-order valence-electron chi connectivity index (χ2n) is 6.30. The third-order valence-electron chi connectivity index (χ3n) is 4.71. The van der Waals surface area contributed by atoms with Crippen molar-refractivity contribution in [1.29, 1.82) is 0 Å². The zero-order valence-corrected chi connectivity index (χ0v) is 15.4. The average Bonchev–Trinajstić information content (AvgIpc) is 2.70. The number of amides is 1. The highest BCUT2D eigenvalue weighted by molar-refractivity contribution is 6.07. The van der Waals surface area contributed by atoms with Gasteiger partial charge in [-0.1, -0.05) is 43.2 Å². The smallest absolute Gasteiger partial charge is 0.259 e. The Morgan fingerprint density at radius 1 is 1.26 bits per heavy atom. The Balaban J connectivity index is 2.11. The number of benzene rings is 1. The summed E-state index contributed by atoms with van der Waals surface area (Å²) in [4.78, 5) is 25.9. The van der Waals surface area contributed by atoms with E-state index in [1.54, 1.807) is 31.2 Å². The molecule has 0 radical (unpaired) electrons. The van der Waals surface area contributed by atoms with Crippen LogP contribution in [0.25, 0.3) is 10.8 Å².